The Labute approximate surface area is 79.1 Å². The van der Waals surface area contributed by atoms with Gasteiger partial charge in [-0.1, -0.05) is 0 Å². The second-order valence-corrected chi connectivity index (χ2v) is 2.95. The molecular weight excluding hydrogens is 164 g/mol. The predicted molar refractivity (Wildman–Crippen MR) is 53.0 cm³/mol. The van der Waals surface area contributed by atoms with Crippen molar-refractivity contribution < 1.29 is 4.74 Å². The molecule has 72 valence electrons. The Morgan fingerprint density at radius 3 is 3.08 bits per heavy atom. The van der Waals surface area contributed by atoms with Crippen molar-refractivity contribution in [3.8, 4) is 5.75 Å². The van der Waals surface area contributed by atoms with Gasteiger partial charge >= 0.3 is 0 Å². The van der Waals surface area contributed by atoms with Crippen molar-refractivity contribution >= 4 is 0 Å². The molecule has 0 aromatic carbocycles. The van der Waals surface area contributed by atoms with Crippen LogP contribution in [-0.2, 0) is 0 Å². The molecule has 0 radical (unpaired) electrons. The highest BCUT2D eigenvalue weighted by Crippen LogP contribution is 2.14. The van der Waals surface area contributed by atoms with Crippen molar-refractivity contribution in [2.24, 2.45) is 0 Å². The Balaban J connectivity index is 2.32. The molecule has 3 nitrogen and oxygen atoms in total. The summed E-state index contributed by atoms with van der Waals surface area (Å²) in [7, 11) is 1.94. The number of pyridine rings is 1. The van der Waals surface area contributed by atoms with Gasteiger partial charge in [-0.15, -0.1) is 0 Å². The van der Waals surface area contributed by atoms with Crippen LogP contribution in [0.1, 0.15) is 12.0 Å². The molecule has 0 saturated carbocycles. The van der Waals surface area contributed by atoms with Gasteiger partial charge < -0.3 is 10.1 Å². The zero-order valence-corrected chi connectivity index (χ0v) is 8.21. The summed E-state index contributed by atoms with van der Waals surface area (Å²) in [4.78, 5) is 4.00. The third-order valence-electron chi connectivity index (χ3n) is 1.80. The molecule has 0 unspecified atom stereocenters. The third-order valence-corrected chi connectivity index (χ3v) is 1.80. The van der Waals surface area contributed by atoms with Crippen molar-refractivity contribution in [1.29, 1.82) is 0 Å². The van der Waals surface area contributed by atoms with Crippen LogP contribution in [0.4, 0.5) is 0 Å². The smallest absolute Gasteiger partial charge is 0.125 e. The molecule has 1 N–H and O–H groups in total. The van der Waals surface area contributed by atoms with Gasteiger partial charge in [0.25, 0.3) is 0 Å². The lowest BCUT2D eigenvalue weighted by atomic mass is 10.3. The molecule has 1 aromatic rings. The van der Waals surface area contributed by atoms with Crippen LogP contribution in [0.25, 0.3) is 0 Å². The van der Waals surface area contributed by atoms with Crippen LogP contribution < -0.4 is 10.1 Å². The molecule has 0 bridgehead atoms. The SMILES string of the molecule is CNCCCOc1ccncc1C. The topological polar surface area (TPSA) is 34.1 Å². The lowest BCUT2D eigenvalue weighted by Crippen LogP contribution is -2.11. The van der Waals surface area contributed by atoms with Crippen molar-refractivity contribution in [2.75, 3.05) is 20.2 Å². The third kappa shape index (κ3) is 3.42. The maximum absolute atomic E-state index is 5.56. The summed E-state index contributed by atoms with van der Waals surface area (Å²) in [6.07, 6.45) is 4.59. The van der Waals surface area contributed by atoms with E-state index in [1.807, 2.05) is 26.2 Å². The molecule has 0 spiro atoms. The first-order chi connectivity index (χ1) is 6.34. The first kappa shape index (κ1) is 9.99. The van der Waals surface area contributed by atoms with Crippen LogP contribution in [0, 0.1) is 6.92 Å². The Morgan fingerprint density at radius 2 is 2.38 bits per heavy atom. The Hall–Kier alpha value is -1.09. The zero-order chi connectivity index (χ0) is 9.52. The summed E-state index contributed by atoms with van der Waals surface area (Å²) in [5.41, 5.74) is 1.09. The minimum atomic E-state index is 0.756. The molecule has 0 aliphatic heterocycles. The number of ether oxygens (including phenoxy) is 1. The highest BCUT2D eigenvalue weighted by molar-refractivity contribution is 5.28. The molecule has 1 heterocycles. The minimum Gasteiger partial charge on any atom is -0.493 e. The molecule has 0 amide bonds. The standard InChI is InChI=1S/C10H16N2O/c1-9-8-12-6-4-10(9)13-7-3-5-11-2/h4,6,8,11H,3,5,7H2,1-2H3. The monoisotopic (exact) mass is 180 g/mol. The fourth-order valence-electron chi connectivity index (χ4n) is 1.05. The average Bonchev–Trinajstić information content (AvgIpc) is 2.15. The van der Waals surface area contributed by atoms with E-state index in [1.165, 1.54) is 0 Å². The fourth-order valence-corrected chi connectivity index (χ4v) is 1.05. The fraction of sp³-hybridized carbons (Fsp3) is 0.500. The number of aryl methyl sites for hydroxylation is 1. The van der Waals surface area contributed by atoms with Gasteiger partial charge in [0.05, 0.1) is 6.61 Å². The number of hydrogen-bond acceptors (Lipinski definition) is 3. The first-order valence-electron chi connectivity index (χ1n) is 4.52. The summed E-state index contributed by atoms with van der Waals surface area (Å²) >= 11 is 0. The van der Waals surface area contributed by atoms with E-state index < -0.39 is 0 Å². The van der Waals surface area contributed by atoms with Crippen LogP contribution in [0.15, 0.2) is 18.5 Å². The normalized spacial score (nSPS) is 10.0. The maximum atomic E-state index is 5.56. The van der Waals surface area contributed by atoms with E-state index in [2.05, 4.69) is 10.3 Å². The second-order valence-electron chi connectivity index (χ2n) is 2.95. The Bertz CT molecular complexity index is 250. The van der Waals surface area contributed by atoms with Gasteiger partial charge in [0.1, 0.15) is 5.75 Å². The first-order valence-corrected chi connectivity index (χ1v) is 4.52. The van der Waals surface area contributed by atoms with E-state index in [-0.39, 0.29) is 0 Å². The molecular formula is C10H16N2O. The number of aromatic nitrogens is 1. The van der Waals surface area contributed by atoms with Crippen molar-refractivity contribution in [3.63, 3.8) is 0 Å². The quantitative estimate of drug-likeness (QED) is 0.695. The molecule has 1 rings (SSSR count). The summed E-state index contributed by atoms with van der Waals surface area (Å²) in [6.45, 7) is 3.75. The number of rotatable bonds is 5. The summed E-state index contributed by atoms with van der Waals surface area (Å²) in [6, 6.07) is 1.90. The van der Waals surface area contributed by atoms with Gasteiger partial charge in [-0.2, -0.15) is 0 Å². The van der Waals surface area contributed by atoms with E-state index in [4.69, 9.17) is 4.74 Å². The van der Waals surface area contributed by atoms with Gasteiger partial charge in [0, 0.05) is 18.0 Å². The zero-order valence-electron chi connectivity index (χ0n) is 8.21. The Morgan fingerprint density at radius 1 is 1.54 bits per heavy atom. The van der Waals surface area contributed by atoms with E-state index in [9.17, 15) is 0 Å². The highest BCUT2D eigenvalue weighted by atomic mass is 16.5. The van der Waals surface area contributed by atoms with Crippen LogP contribution in [0.3, 0.4) is 0 Å². The molecule has 0 aliphatic rings. The van der Waals surface area contributed by atoms with E-state index in [0.717, 1.165) is 30.9 Å². The van der Waals surface area contributed by atoms with E-state index >= 15 is 0 Å². The van der Waals surface area contributed by atoms with Gasteiger partial charge in [0.2, 0.25) is 0 Å². The lowest BCUT2D eigenvalue weighted by molar-refractivity contribution is 0.307. The average molecular weight is 180 g/mol. The van der Waals surface area contributed by atoms with E-state index in [1.54, 1.807) is 6.20 Å². The van der Waals surface area contributed by atoms with Crippen LogP contribution in [0.2, 0.25) is 0 Å². The summed E-state index contributed by atoms with van der Waals surface area (Å²) in [5, 5.41) is 3.08. The molecule has 13 heavy (non-hydrogen) atoms. The highest BCUT2D eigenvalue weighted by Gasteiger charge is 1.96. The lowest BCUT2D eigenvalue weighted by Gasteiger charge is -2.07. The van der Waals surface area contributed by atoms with E-state index in [0.29, 0.717) is 0 Å². The largest absolute Gasteiger partial charge is 0.493 e. The van der Waals surface area contributed by atoms with Crippen LogP contribution in [0.5, 0.6) is 5.75 Å². The van der Waals surface area contributed by atoms with Crippen molar-refractivity contribution in [1.82, 2.24) is 10.3 Å². The van der Waals surface area contributed by atoms with Crippen LogP contribution in [-0.4, -0.2) is 25.2 Å². The molecule has 0 saturated heterocycles. The number of nitrogens with one attached hydrogen (secondary N) is 1. The molecule has 1 aromatic heterocycles. The molecule has 0 aliphatic carbocycles. The van der Waals surface area contributed by atoms with Gasteiger partial charge in [-0.3, -0.25) is 4.98 Å². The molecule has 3 heteroatoms. The van der Waals surface area contributed by atoms with Crippen LogP contribution >= 0.6 is 0 Å². The van der Waals surface area contributed by atoms with Gasteiger partial charge in [0.15, 0.2) is 0 Å². The molecule has 0 atom stereocenters. The van der Waals surface area contributed by atoms with Crippen molar-refractivity contribution in [3.05, 3.63) is 24.0 Å². The van der Waals surface area contributed by atoms with Crippen molar-refractivity contribution in [2.45, 2.75) is 13.3 Å². The Kier molecular flexibility index (Phi) is 4.26. The number of nitrogens with zero attached hydrogens (tertiary/aromatic N) is 1. The van der Waals surface area contributed by atoms with Gasteiger partial charge in [-0.25, -0.2) is 0 Å². The minimum absolute atomic E-state index is 0.756. The summed E-state index contributed by atoms with van der Waals surface area (Å²) < 4.78 is 5.56. The number of hydrogen-bond donors (Lipinski definition) is 1. The summed E-state index contributed by atoms with van der Waals surface area (Å²) in [5.74, 6) is 0.936. The predicted octanol–water partition coefficient (Wildman–Crippen LogP) is 1.38. The van der Waals surface area contributed by atoms with Gasteiger partial charge in [-0.05, 0) is 33.0 Å². The second kappa shape index (κ2) is 5.54. The maximum Gasteiger partial charge on any atom is 0.125 e. The molecule has 0 fully saturated rings.